The predicted molar refractivity (Wildman–Crippen MR) is 77.1 cm³/mol. The Morgan fingerprint density at radius 2 is 2.15 bits per heavy atom. The Bertz CT molecular complexity index is 804. The molecular weight excluding hydrogens is 278 g/mol. The second kappa shape index (κ2) is 4.68. The molecule has 5 nitrogen and oxygen atoms in total. The van der Waals surface area contributed by atoms with E-state index < -0.39 is 0 Å². The standard InChI is InChI=1S/C14H12ClN3O2/c1-8-5-13(17-20-8)16-14(19)12-6-9-3-4-10(15)7-11(9)18(12)2/h3-7H,1-2H3,(H,16,17,19). The molecular formula is C14H12ClN3O2. The molecule has 0 saturated carbocycles. The number of aryl methyl sites for hydroxylation is 2. The molecule has 0 spiro atoms. The lowest BCUT2D eigenvalue weighted by molar-refractivity contribution is 0.101. The zero-order valence-corrected chi connectivity index (χ0v) is 11.7. The number of hydrogen-bond donors (Lipinski definition) is 1. The molecule has 1 amide bonds. The minimum absolute atomic E-state index is 0.242. The lowest BCUT2D eigenvalue weighted by Crippen LogP contribution is -2.15. The molecule has 0 aliphatic carbocycles. The van der Waals surface area contributed by atoms with Crippen molar-refractivity contribution in [2.75, 3.05) is 5.32 Å². The van der Waals surface area contributed by atoms with Crippen molar-refractivity contribution in [1.29, 1.82) is 0 Å². The van der Waals surface area contributed by atoms with Crippen LogP contribution >= 0.6 is 11.6 Å². The highest BCUT2D eigenvalue weighted by atomic mass is 35.5. The van der Waals surface area contributed by atoms with E-state index in [0.717, 1.165) is 10.9 Å². The van der Waals surface area contributed by atoms with Crippen molar-refractivity contribution < 1.29 is 9.32 Å². The highest BCUT2D eigenvalue weighted by Crippen LogP contribution is 2.23. The summed E-state index contributed by atoms with van der Waals surface area (Å²) in [7, 11) is 1.82. The molecule has 0 bridgehead atoms. The molecule has 0 aliphatic heterocycles. The van der Waals surface area contributed by atoms with Gasteiger partial charge in [-0.05, 0) is 25.1 Å². The van der Waals surface area contributed by atoms with Gasteiger partial charge in [0.1, 0.15) is 11.5 Å². The molecule has 0 fully saturated rings. The van der Waals surface area contributed by atoms with E-state index in [4.69, 9.17) is 16.1 Å². The van der Waals surface area contributed by atoms with E-state index in [2.05, 4.69) is 10.5 Å². The number of anilines is 1. The largest absolute Gasteiger partial charge is 0.360 e. The van der Waals surface area contributed by atoms with Gasteiger partial charge in [0, 0.05) is 29.0 Å². The van der Waals surface area contributed by atoms with E-state index in [9.17, 15) is 4.79 Å². The Kier molecular flexibility index (Phi) is 2.99. The Morgan fingerprint density at radius 3 is 2.85 bits per heavy atom. The zero-order chi connectivity index (χ0) is 14.3. The topological polar surface area (TPSA) is 60.1 Å². The van der Waals surface area contributed by atoms with E-state index in [1.54, 1.807) is 23.6 Å². The number of halogens is 1. The van der Waals surface area contributed by atoms with Gasteiger partial charge in [0.15, 0.2) is 5.82 Å². The Labute approximate surface area is 120 Å². The van der Waals surface area contributed by atoms with Crippen LogP contribution < -0.4 is 5.32 Å². The van der Waals surface area contributed by atoms with Crippen molar-refractivity contribution in [3.8, 4) is 0 Å². The van der Waals surface area contributed by atoms with Crippen LogP contribution in [0.4, 0.5) is 5.82 Å². The van der Waals surface area contributed by atoms with Gasteiger partial charge < -0.3 is 14.4 Å². The van der Waals surface area contributed by atoms with Crippen molar-refractivity contribution in [3.63, 3.8) is 0 Å². The average molecular weight is 290 g/mol. The first-order valence-electron chi connectivity index (χ1n) is 6.04. The van der Waals surface area contributed by atoms with E-state index in [1.807, 2.05) is 25.2 Å². The third kappa shape index (κ3) is 2.16. The van der Waals surface area contributed by atoms with Crippen LogP contribution in [-0.2, 0) is 7.05 Å². The third-order valence-electron chi connectivity index (χ3n) is 3.11. The molecule has 102 valence electrons. The second-order valence-electron chi connectivity index (χ2n) is 4.57. The summed E-state index contributed by atoms with van der Waals surface area (Å²) in [6, 6.07) is 8.99. The fourth-order valence-electron chi connectivity index (χ4n) is 2.13. The maximum Gasteiger partial charge on any atom is 0.273 e. The van der Waals surface area contributed by atoms with Gasteiger partial charge in [-0.1, -0.05) is 22.8 Å². The number of aromatic nitrogens is 2. The Morgan fingerprint density at radius 1 is 1.35 bits per heavy atom. The molecule has 6 heteroatoms. The molecule has 0 saturated heterocycles. The van der Waals surface area contributed by atoms with Crippen molar-refractivity contribution in [1.82, 2.24) is 9.72 Å². The second-order valence-corrected chi connectivity index (χ2v) is 5.01. The molecule has 20 heavy (non-hydrogen) atoms. The van der Waals surface area contributed by atoms with Gasteiger partial charge in [-0.2, -0.15) is 0 Å². The maximum atomic E-state index is 12.3. The lowest BCUT2D eigenvalue weighted by atomic mass is 10.2. The fraction of sp³-hybridized carbons (Fsp3) is 0.143. The Hall–Kier alpha value is -2.27. The fourth-order valence-corrected chi connectivity index (χ4v) is 2.29. The molecule has 2 heterocycles. The summed E-state index contributed by atoms with van der Waals surface area (Å²) >= 11 is 5.98. The highest BCUT2D eigenvalue weighted by molar-refractivity contribution is 6.31. The van der Waals surface area contributed by atoms with Gasteiger partial charge in [-0.15, -0.1) is 0 Å². The summed E-state index contributed by atoms with van der Waals surface area (Å²) in [5.41, 5.74) is 1.43. The number of nitrogens with one attached hydrogen (secondary N) is 1. The maximum absolute atomic E-state index is 12.3. The summed E-state index contributed by atoms with van der Waals surface area (Å²) in [5, 5.41) is 8.03. The van der Waals surface area contributed by atoms with Gasteiger partial charge in [-0.25, -0.2) is 0 Å². The molecule has 3 aromatic rings. The SMILES string of the molecule is Cc1cc(NC(=O)c2cc3ccc(Cl)cc3n2C)no1. The molecule has 2 aromatic heterocycles. The molecule has 0 aliphatic rings. The first kappa shape index (κ1) is 12.7. The van der Waals surface area contributed by atoms with Crippen LogP contribution in [0.2, 0.25) is 5.02 Å². The minimum atomic E-state index is -0.242. The monoisotopic (exact) mass is 289 g/mol. The van der Waals surface area contributed by atoms with E-state index in [0.29, 0.717) is 22.3 Å². The number of hydrogen-bond acceptors (Lipinski definition) is 3. The lowest BCUT2D eigenvalue weighted by Gasteiger charge is -2.03. The van der Waals surface area contributed by atoms with E-state index in [1.165, 1.54) is 0 Å². The van der Waals surface area contributed by atoms with Gasteiger partial charge in [0.2, 0.25) is 0 Å². The minimum Gasteiger partial charge on any atom is -0.360 e. The van der Waals surface area contributed by atoms with Crippen LogP contribution in [0.25, 0.3) is 10.9 Å². The van der Waals surface area contributed by atoms with Gasteiger partial charge in [0.05, 0.1) is 0 Å². The number of amides is 1. The smallest absolute Gasteiger partial charge is 0.273 e. The molecule has 0 radical (unpaired) electrons. The number of carbonyl (C=O) groups excluding carboxylic acids is 1. The summed E-state index contributed by atoms with van der Waals surface area (Å²) in [6.07, 6.45) is 0. The Balaban J connectivity index is 1.97. The normalized spacial score (nSPS) is 10.9. The summed E-state index contributed by atoms with van der Waals surface area (Å²) in [6.45, 7) is 1.77. The quantitative estimate of drug-likeness (QED) is 0.787. The first-order valence-corrected chi connectivity index (χ1v) is 6.42. The van der Waals surface area contributed by atoms with Crippen molar-refractivity contribution in [3.05, 3.63) is 46.8 Å². The summed E-state index contributed by atoms with van der Waals surface area (Å²) in [5.74, 6) is 0.799. The van der Waals surface area contributed by atoms with Crippen molar-refractivity contribution in [2.24, 2.45) is 7.05 Å². The number of nitrogens with zero attached hydrogens (tertiary/aromatic N) is 2. The number of benzene rings is 1. The first-order chi connectivity index (χ1) is 9.54. The highest BCUT2D eigenvalue weighted by Gasteiger charge is 2.15. The number of rotatable bonds is 2. The molecule has 0 atom stereocenters. The molecule has 1 aromatic carbocycles. The van der Waals surface area contributed by atoms with Gasteiger partial charge in [0.25, 0.3) is 5.91 Å². The number of carbonyl (C=O) groups is 1. The van der Waals surface area contributed by atoms with E-state index >= 15 is 0 Å². The predicted octanol–water partition coefficient (Wildman–Crippen LogP) is 3.38. The van der Waals surface area contributed by atoms with Gasteiger partial charge >= 0.3 is 0 Å². The average Bonchev–Trinajstić information content (AvgIpc) is 2.94. The van der Waals surface area contributed by atoms with Crippen molar-refractivity contribution >= 4 is 34.2 Å². The molecule has 1 N–H and O–H groups in total. The van der Waals surface area contributed by atoms with Crippen LogP contribution in [0.1, 0.15) is 16.2 Å². The third-order valence-corrected chi connectivity index (χ3v) is 3.34. The molecule has 0 unspecified atom stereocenters. The van der Waals surface area contributed by atoms with Crippen LogP contribution in [0.3, 0.4) is 0 Å². The van der Waals surface area contributed by atoms with E-state index in [-0.39, 0.29) is 5.91 Å². The summed E-state index contributed by atoms with van der Waals surface area (Å²) in [4.78, 5) is 12.3. The van der Waals surface area contributed by atoms with Gasteiger partial charge in [-0.3, -0.25) is 4.79 Å². The van der Waals surface area contributed by atoms with Crippen LogP contribution in [0, 0.1) is 6.92 Å². The van der Waals surface area contributed by atoms with Crippen LogP contribution in [0.5, 0.6) is 0 Å². The van der Waals surface area contributed by atoms with Crippen LogP contribution in [0.15, 0.2) is 34.9 Å². The zero-order valence-electron chi connectivity index (χ0n) is 11.0. The molecule has 3 rings (SSSR count). The van der Waals surface area contributed by atoms with Crippen LogP contribution in [-0.4, -0.2) is 15.6 Å². The number of fused-ring (bicyclic) bond motifs is 1. The summed E-state index contributed by atoms with van der Waals surface area (Å²) < 4.78 is 6.71. The van der Waals surface area contributed by atoms with Crippen molar-refractivity contribution in [2.45, 2.75) is 6.92 Å².